The molecule has 5 aliphatic heterocycles. The summed E-state index contributed by atoms with van der Waals surface area (Å²) < 4.78 is 64.0. The van der Waals surface area contributed by atoms with Crippen LogP contribution in [0.5, 0.6) is 46.0 Å². The van der Waals surface area contributed by atoms with Crippen molar-refractivity contribution in [3.05, 3.63) is 207 Å². The topological polar surface area (TPSA) is 68.3 Å². The molecule has 12 heteroatoms. The zero-order chi connectivity index (χ0) is 52.7. The maximum atomic E-state index is 13.5. The van der Waals surface area contributed by atoms with Crippen molar-refractivity contribution in [2.24, 2.45) is 0 Å². The Kier molecular flexibility index (Phi) is 16.3. The van der Waals surface area contributed by atoms with Crippen molar-refractivity contribution in [2.45, 2.75) is 43.8 Å². The van der Waals surface area contributed by atoms with Crippen molar-refractivity contribution < 1.29 is 37.2 Å². The Morgan fingerprint density at radius 3 is 1.80 bits per heavy atom. The summed E-state index contributed by atoms with van der Waals surface area (Å²) in [6.07, 6.45) is 7.74. The summed E-state index contributed by atoms with van der Waals surface area (Å²) in [5, 5.41) is 0. The normalized spacial score (nSPS) is 17.9. The Labute approximate surface area is 446 Å². The third kappa shape index (κ3) is 11.6. The van der Waals surface area contributed by atoms with Crippen LogP contribution in [-0.2, 0) is 25.7 Å². The van der Waals surface area contributed by atoms with Crippen molar-refractivity contribution in [1.82, 2.24) is 19.6 Å². The molecule has 0 spiro atoms. The van der Waals surface area contributed by atoms with Gasteiger partial charge in [0.1, 0.15) is 17.4 Å². The third-order valence-corrected chi connectivity index (χ3v) is 15.5. The summed E-state index contributed by atoms with van der Waals surface area (Å²) in [5.41, 5.74) is 10.4. The largest absolute Gasteiger partial charge is 0.493 e. The molecule has 0 aromatic heterocycles. The van der Waals surface area contributed by atoms with E-state index in [-0.39, 0.29) is 29.8 Å². The summed E-state index contributed by atoms with van der Waals surface area (Å²) in [7, 11) is 11.1. The van der Waals surface area contributed by atoms with Gasteiger partial charge in [0, 0.05) is 63.5 Å². The molecule has 394 valence electrons. The van der Waals surface area contributed by atoms with Crippen molar-refractivity contribution in [2.75, 3.05) is 88.3 Å². The average molecular weight is 1030 g/mol. The highest BCUT2D eigenvalue weighted by molar-refractivity contribution is 5.64. The Morgan fingerprint density at radius 2 is 1.16 bits per heavy atom. The second-order valence-electron chi connectivity index (χ2n) is 20.1. The predicted molar refractivity (Wildman–Crippen MR) is 296 cm³/mol. The van der Waals surface area contributed by atoms with Crippen LogP contribution in [0.25, 0.3) is 6.08 Å². The molecule has 5 heterocycles. The molecule has 76 heavy (non-hydrogen) atoms. The molecular formula is C64H68F2N4O6. The fourth-order valence-corrected chi connectivity index (χ4v) is 11.3. The van der Waals surface area contributed by atoms with Crippen molar-refractivity contribution in [3.8, 4) is 46.0 Å². The fraction of sp³-hybridized carbons (Fsp3) is 0.312. The summed E-state index contributed by atoms with van der Waals surface area (Å²) >= 11 is 0. The minimum absolute atomic E-state index is 0.000437. The third-order valence-electron chi connectivity index (χ3n) is 15.5. The number of fused-ring (bicyclic) bond motifs is 2. The lowest BCUT2D eigenvalue weighted by atomic mass is 9.87. The van der Waals surface area contributed by atoms with E-state index in [1.807, 2.05) is 60.7 Å². The van der Waals surface area contributed by atoms with Crippen LogP contribution in [0, 0.1) is 11.6 Å². The van der Waals surface area contributed by atoms with Gasteiger partial charge in [0.2, 0.25) is 5.75 Å². The van der Waals surface area contributed by atoms with E-state index in [9.17, 15) is 8.78 Å². The standard InChI is InChI=1S/C38H42N2O6.C26H26F2N2/c1-39-15-13-25-20-32(42-4)34-22-28(25)29(39)17-23-7-10-27(11-8-23)45-33-19-24(9-12-31(33)41-3)18-30-36-26(14-16-40(30)2)21-35(43-5)37(44-6)38(36)46-34;27-24-12-8-22(9-13-24)26(23-10-14-25(28)15-11-23)30-19-17-29(18-20-30)16-4-7-21-5-2-1-3-6-21/h7-12,19-22,29-30H,13-18H2,1-6H3;1-15,26H,16-20H2/b;7-4+/t29-,30-;/m0./s1. The van der Waals surface area contributed by atoms with E-state index in [0.29, 0.717) is 40.2 Å². The minimum Gasteiger partial charge on any atom is -0.493 e. The van der Waals surface area contributed by atoms with E-state index in [4.69, 9.17) is 28.4 Å². The number of piperazine rings is 1. The van der Waals surface area contributed by atoms with Gasteiger partial charge in [-0.25, -0.2) is 8.78 Å². The fourth-order valence-electron chi connectivity index (χ4n) is 11.3. The van der Waals surface area contributed by atoms with Crippen molar-refractivity contribution in [3.63, 3.8) is 0 Å². The number of hydrogen-bond acceptors (Lipinski definition) is 10. The van der Waals surface area contributed by atoms with Gasteiger partial charge in [-0.2, -0.15) is 0 Å². The van der Waals surface area contributed by atoms with Gasteiger partial charge in [0.05, 0.1) is 34.5 Å². The maximum Gasteiger partial charge on any atom is 0.204 e. The molecule has 10 nitrogen and oxygen atoms in total. The first-order valence-corrected chi connectivity index (χ1v) is 26.3. The van der Waals surface area contributed by atoms with Crippen LogP contribution in [0.4, 0.5) is 8.78 Å². The lowest BCUT2D eigenvalue weighted by molar-refractivity contribution is 0.118. The zero-order valence-electron chi connectivity index (χ0n) is 44.4. The molecule has 12 rings (SSSR count). The minimum atomic E-state index is -0.244. The van der Waals surface area contributed by atoms with E-state index >= 15 is 0 Å². The first-order chi connectivity index (χ1) is 37.1. The number of nitrogens with zero attached hydrogens (tertiary/aromatic N) is 4. The quantitative estimate of drug-likeness (QED) is 0.132. The summed E-state index contributed by atoms with van der Waals surface area (Å²) in [6, 6.07) is 44.8. The number of ether oxygens (including phenoxy) is 6. The number of benzene rings is 7. The lowest BCUT2D eigenvalue weighted by Crippen LogP contribution is -2.47. The van der Waals surface area contributed by atoms with E-state index in [2.05, 4.69) is 100 Å². The molecule has 7 aromatic carbocycles. The van der Waals surface area contributed by atoms with Gasteiger partial charge < -0.3 is 28.4 Å². The zero-order valence-corrected chi connectivity index (χ0v) is 44.4. The van der Waals surface area contributed by atoms with Crippen LogP contribution in [0.15, 0.2) is 146 Å². The van der Waals surface area contributed by atoms with Gasteiger partial charge >= 0.3 is 0 Å². The predicted octanol–water partition coefficient (Wildman–Crippen LogP) is 12.5. The van der Waals surface area contributed by atoms with Crippen LogP contribution in [0.3, 0.4) is 0 Å². The number of hydrogen-bond donors (Lipinski definition) is 0. The van der Waals surface area contributed by atoms with Crippen LogP contribution in [-0.4, -0.2) is 108 Å². The SMILES string of the molecule is COc1ccc2cc1Oc1ccc(cc1)C[C@H]1c3cc(c(OC)cc3CCN1C)Oc1c(OC)c(OC)cc3c1[C@H](C2)N(C)CC3.Fc1ccc(C(c2ccc(F)cc2)N2CCN(C/C=C/c3ccccc3)CC2)cc1. The van der Waals surface area contributed by atoms with E-state index in [0.717, 1.165) is 99.5 Å². The highest BCUT2D eigenvalue weighted by atomic mass is 19.1. The van der Waals surface area contributed by atoms with Gasteiger partial charge in [0.15, 0.2) is 34.5 Å². The van der Waals surface area contributed by atoms with Crippen LogP contribution in [0.1, 0.15) is 68.2 Å². The van der Waals surface area contributed by atoms with E-state index in [1.54, 1.807) is 28.4 Å². The Bertz CT molecular complexity index is 3060. The van der Waals surface area contributed by atoms with E-state index in [1.165, 1.54) is 52.1 Å². The maximum absolute atomic E-state index is 13.5. The van der Waals surface area contributed by atoms with Gasteiger partial charge in [-0.15, -0.1) is 0 Å². The van der Waals surface area contributed by atoms with E-state index < -0.39 is 0 Å². The van der Waals surface area contributed by atoms with Gasteiger partial charge in [-0.1, -0.05) is 84.9 Å². The molecule has 0 unspecified atom stereocenters. The molecule has 1 saturated heterocycles. The molecule has 0 aliphatic carbocycles. The second-order valence-corrected chi connectivity index (χ2v) is 20.1. The molecule has 0 N–H and O–H groups in total. The summed E-state index contributed by atoms with van der Waals surface area (Å²) in [6.45, 7) is 6.49. The van der Waals surface area contributed by atoms with Crippen LogP contribution in [0.2, 0.25) is 0 Å². The molecule has 6 bridgehead atoms. The Hall–Kier alpha value is -7.22. The van der Waals surface area contributed by atoms with Crippen LogP contribution < -0.4 is 28.4 Å². The second kappa shape index (κ2) is 23.8. The molecule has 1 fully saturated rings. The molecule has 2 atom stereocenters. The van der Waals surface area contributed by atoms with Crippen LogP contribution >= 0.6 is 0 Å². The van der Waals surface area contributed by atoms with Gasteiger partial charge in [0.25, 0.3) is 0 Å². The molecular weight excluding hydrogens is 959 g/mol. The molecule has 0 saturated carbocycles. The molecule has 0 radical (unpaired) electrons. The Morgan fingerprint density at radius 1 is 0.566 bits per heavy atom. The first kappa shape index (κ1) is 52.2. The number of halogens is 2. The highest BCUT2D eigenvalue weighted by Gasteiger charge is 2.35. The van der Waals surface area contributed by atoms with Crippen molar-refractivity contribution >= 4 is 6.08 Å². The van der Waals surface area contributed by atoms with Gasteiger partial charge in [-0.3, -0.25) is 19.6 Å². The molecule has 5 aliphatic rings. The number of likely N-dealkylation sites (N-methyl/N-ethyl adjacent to an activating group) is 2. The molecule has 0 amide bonds. The van der Waals surface area contributed by atoms with Crippen molar-refractivity contribution in [1.29, 1.82) is 0 Å². The lowest BCUT2D eigenvalue weighted by Gasteiger charge is -2.39. The monoisotopic (exact) mass is 1030 g/mol. The number of methoxy groups -OCH3 is 4. The number of rotatable bonds is 10. The molecule has 7 aromatic rings. The highest BCUT2D eigenvalue weighted by Crippen LogP contribution is 2.52. The van der Waals surface area contributed by atoms with Gasteiger partial charge in [-0.05, 0) is 151 Å². The summed E-state index contributed by atoms with van der Waals surface area (Å²) in [4.78, 5) is 9.65. The smallest absolute Gasteiger partial charge is 0.204 e. The first-order valence-electron chi connectivity index (χ1n) is 26.3. The summed E-state index contributed by atoms with van der Waals surface area (Å²) in [5.74, 6) is 4.92. The average Bonchev–Trinajstić information content (AvgIpc) is 3.48. The Balaban J connectivity index is 0.000000189.